The number of rotatable bonds is 4. The second-order valence-corrected chi connectivity index (χ2v) is 5.83. The minimum atomic E-state index is -1.28. The van der Waals surface area contributed by atoms with Gasteiger partial charge in [0, 0.05) is 22.3 Å². The molecule has 0 heterocycles. The van der Waals surface area contributed by atoms with Gasteiger partial charge in [-0.3, -0.25) is 0 Å². The van der Waals surface area contributed by atoms with Crippen LogP contribution in [-0.4, -0.2) is 4.21 Å². The van der Waals surface area contributed by atoms with E-state index in [9.17, 15) is 9.47 Å². The summed E-state index contributed by atoms with van der Waals surface area (Å²) in [6.07, 6.45) is 0.509. The first-order valence-electron chi connectivity index (χ1n) is 6.31. The molecule has 1 unspecified atom stereocenters. The number of nitriles is 1. The molecule has 20 heavy (non-hydrogen) atoms. The van der Waals surface area contributed by atoms with E-state index < -0.39 is 10.8 Å². The number of aryl methyl sites for hydroxylation is 1. The zero-order valence-electron chi connectivity index (χ0n) is 11.2. The molecule has 1 atom stereocenters. The fourth-order valence-corrected chi connectivity index (χ4v) is 2.73. The molecule has 0 aliphatic rings. The average molecular weight is 281 g/mol. The lowest BCUT2D eigenvalue weighted by atomic mass is 10.1. The molecule has 0 aliphatic heterocycles. The SMILES string of the molecule is Cc1ccc(S(=O)/C=C(\C#N)Cc2ccccc2)cc1. The first kappa shape index (κ1) is 14.2. The summed E-state index contributed by atoms with van der Waals surface area (Å²) in [7, 11) is -1.28. The molecule has 0 saturated carbocycles. The van der Waals surface area contributed by atoms with Crippen molar-refractivity contribution in [2.24, 2.45) is 0 Å². The van der Waals surface area contributed by atoms with Gasteiger partial charge in [0.15, 0.2) is 0 Å². The van der Waals surface area contributed by atoms with Gasteiger partial charge in [-0.1, -0.05) is 48.0 Å². The Kier molecular flexibility index (Phi) is 4.86. The normalized spacial score (nSPS) is 12.7. The Labute approximate surface area is 121 Å². The van der Waals surface area contributed by atoms with Crippen molar-refractivity contribution in [2.45, 2.75) is 18.2 Å². The summed E-state index contributed by atoms with van der Waals surface area (Å²) in [5.41, 5.74) is 2.69. The van der Waals surface area contributed by atoms with Crippen LogP contribution in [0, 0.1) is 18.3 Å². The maximum atomic E-state index is 12.2. The van der Waals surface area contributed by atoms with E-state index in [-0.39, 0.29) is 0 Å². The highest BCUT2D eigenvalue weighted by atomic mass is 32.2. The van der Waals surface area contributed by atoms with Crippen LogP contribution in [0.4, 0.5) is 0 Å². The minimum absolute atomic E-state index is 0.509. The van der Waals surface area contributed by atoms with Gasteiger partial charge in [-0.15, -0.1) is 0 Å². The molecule has 0 bridgehead atoms. The van der Waals surface area contributed by atoms with Gasteiger partial charge in [0.1, 0.15) is 0 Å². The van der Waals surface area contributed by atoms with Gasteiger partial charge in [-0.25, -0.2) is 4.21 Å². The van der Waals surface area contributed by atoms with E-state index in [4.69, 9.17) is 0 Å². The van der Waals surface area contributed by atoms with E-state index in [1.807, 2.05) is 61.5 Å². The van der Waals surface area contributed by atoms with E-state index in [1.165, 1.54) is 5.41 Å². The third kappa shape index (κ3) is 3.91. The number of hydrogen-bond acceptors (Lipinski definition) is 2. The predicted molar refractivity (Wildman–Crippen MR) is 81.4 cm³/mol. The Hall–Kier alpha value is -2.18. The summed E-state index contributed by atoms with van der Waals surface area (Å²) >= 11 is 0. The predicted octanol–water partition coefficient (Wildman–Crippen LogP) is 3.75. The van der Waals surface area contributed by atoms with E-state index in [0.29, 0.717) is 12.0 Å². The topological polar surface area (TPSA) is 40.9 Å². The maximum Gasteiger partial charge on any atom is 0.0957 e. The third-order valence-electron chi connectivity index (χ3n) is 2.88. The highest BCUT2D eigenvalue weighted by Crippen LogP contribution is 2.13. The van der Waals surface area contributed by atoms with Gasteiger partial charge in [-0.2, -0.15) is 5.26 Å². The zero-order chi connectivity index (χ0) is 14.4. The molecule has 0 aliphatic carbocycles. The molecule has 0 fully saturated rings. The number of allylic oxidation sites excluding steroid dienone is 1. The largest absolute Gasteiger partial charge is 0.250 e. The van der Waals surface area contributed by atoms with Crippen molar-refractivity contribution in [2.75, 3.05) is 0 Å². The van der Waals surface area contributed by atoms with Crippen molar-refractivity contribution >= 4 is 10.8 Å². The van der Waals surface area contributed by atoms with Crippen LogP contribution < -0.4 is 0 Å². The van der Waals surface area contributed by atoms with Crippen molar-refractivity contribution in [3.63, 3.8) is 0 Å². The maximum absolute atomic E-state index is 12.2. The average Bonchev–Trinajstić information content (AvgIpc) is 2.48. The van der Waals surface area contributed by atoms with Crippen molar-refractivity contribution < 1.29 is 4.21 Å². The smallest absolute Gasteiger partial charge is 0.0957 e. The second kappa shape index (κ2) is 6.83. The van der Waals surface area contributed by atoms with Gasteiger partial charge in [0.2, 0.25) is 0 Å². The summed E-state index contributed by atoms with van der Waals surface area (Å²) in [5.74, 6) is 0. The molecule has 100 valence electrons. The highest BCUT2D eigenvalue weighted by Gasteiger charge is 2.04. The zero-order valence-corrected chi connectivity index (χ0v) is 12.1. The molecule has 0 spiro atoms. The van der Waals surface area contributed by atoms with Crippen LogP contribution >= 0.6 is 0 Å². The second-order valence-electron chi connectivity index (χ2n) is 4.53. The van der Waals surface area contributed by atoms with Gasteiger partial charge >= 0.3 is 0 Å². The standard InChI is InChI=1S/C17H15NOS/c1-14-7-9-17(10-8-14)20(19)13-16(12-18)11-15-5-3-2-4-6-15/h2-10,13H,11H2,1H3/b16-13-. The van der Waals surface area contributed by atoms with Crippen LogP contribution in [0.15, 0.2) is 70.5 Å². The Morgan fingerprint density at radius 2 is 1.80 bits per heavy atom. The number of benzene rings is 2. The van der Waals surface area contributed by atoms with Crippen LogP contribution in [0.25, 0.3) is 0 Å². The van der Waals surface area contributed by atoms with Crippen molar-refractivity contribution in [3.8, 4) is 6.07 Å². The molecule has 0 saturated heterocycles. The Bertz CT molecular complexity index is 666. The van der Waals surface area contributed by atoms with E-state index in [2.05, 4.69) is 6.07 Å². The summed E-state index contributed by atoms with van der Waals surface area (Å²) in [6.45, 7) is 1.98. The molecule has 2 rings (SSSR count). The van der Waals surface area contributed by atoms with Crippen molar-refractivity contribution in [1.82, 2.24) is 0 Å². The van der Waals surface area contributed by atoms with Crippen molar-refractivity contribution in [1.29, 1.82) is 5.26 Å². The quantitative estimate of drug-likeness (QED) is 0.801. The lowest BCUT2D eigenvalue weighted by Gasteiger charge is -2.01. The lowest BCUT2D eigenvalue weighted by molar-refractivity contribution is 0.688. The van der Waals surface area contributed by atoms with E-state index >= 15 is 0 Å². The summed E-state index contributed by atoms with van der Waals surface area (Å²) in [6, 6.07) is 19.4. The first-order chi connectivity index (χ1) is 9.69. The Morgan fingerprint density at radius 1 is 1.15 bits per heavy atom. The molecular formula is C17H15NOS. The summed E-state index contributed by atoms with van der Waals surface area (Å²) < 4.78 is 12.2. The molecule has 3 heteroatoms. The van der Waals surface area contributed by atoms with Crippen LogP contribution in [0.1, 0.15) is 11.1 Å². The summed E-state index contributed by atoms with van der Waals surface area (Å²) in [4.78, 5) is 0.719. The molecule has 0 radical (unpaired) electrons. The summed E-state index contributed by atoms with van der Waals surface area (Å²) in [5, 5.41) is 10.7. The fourth-order valence-electron chi connectivity index (χ4n) is 1.79. The molecule has 0 aromatic heterocycles. The molecule has 2 aromatic rings. The Balaban J connectivity index is 2.17. The number of hydrogen-bond donors (Lipinski definition) is 0. The monoisotopic (exact) mass is 281 g/mol. The van der Waals surface area contributed by atoms with Crippen molar-refractivity contribution in [3.05, 3.63) is 76.7 Å². The fraction of sp³-hybridized carbons (Fsp3) is 0.118. The van der Waals surface area contributed by atoms with Crippen LogP contribution in [0.2, 0.25) is 0 Å². The van der Waals surface area contributed by atoms with Crippen LogP contribution in [-0.2, 0) is 17.2 Å². The van der Waals surface area contributed by atoms with E-state index in [1.54, 1.807) is 0 Å². The molecule has 2 nitrogen and oxygen atoms in total. The Morgan fingerprint density at radius 3 is 2.40 bits per heavy atom. The minimum Gasteiger partial charge on any atom is -0.250 e. The van der Waals surface area contributed by atoms with Gasteiger partial charge in [0.25, 0.3) is 0 Å². The highest BCUT2D eigenvalue weighted by molar-refractivity contribution is 7.88. The molecule has 0 amide bonds. The van der Waals surface area contributed by atoms with Crippen LogP contribution in [0.3, 0.4) is 0 Å². The molecule has 0 N–H and O–H groups in total. The van der Waals surface area contributed by atoms with Gasteiger partial charge in [0.05, 0.1) is 16.9 Å². The first-order valence-corrected chi connectivity index (χ1v) is 7.52. The van der Waals surface area contributed by atoms with Gasteiger partial charge in [-0.05, 0) is 24.6 Å². The van der Waals surface area contributed by atoms with E-state index in [0.717, 1.165) is 16.0 Å². The third-order valence-corrected chi connectivity index (χ3v) is 4.12. The molecular weight excluding hydrogens is 266 g/mol. The van der Waals surface area contributed by atoms with Crippen LogP contribution in [0.5, 0.6) is 0 Å². The lowest BCUT2D eigenvalue weighted by Crippen LogP contribution is -1.93. The molecule has 2 aromatic carbocycles. The van der Waals surface area contributed by atoms with Gasteiger partial charge < -0.3 is 0 Å². The number of nitrogens with zero attached hydrogens (tertiary/aromatic N) is 1.